The second kappa shape index (κ2) is 5.46. The molecule has 3 heteroatoms. The predicted octanol–water partition coefficient (Wildman–Crippen LogP) is 4.49. The molecule has 0 N–H and O–H groups in total. The fraction of sp³-hybridized carbons (Fsp3) is 0.294. The van der Waals surface area contributed by atoms with Crippen LogP contribution in [0.3, 0.4) is 0 Å². The molecule has 1 aliphatic rings. The zero-order valence-corrected chi connectivity index (χ0v) is 12.6. The number of hydrogen-bond donors (Lipinski definition) is 0. The SMILES string of the molecule is CCCC[P@@]1(=O)COc2cccc(-c3ccccc3)c21. The van der Waals surface area contributed by atoms with Crippen molar-refractivity contribution >= 4 is 12.4 Å². The average molecular weight is 286 g/mol. The van der Waals surface area contributed by atoms with Gasteiger partial charge in [-0.05, 0) is 23.6 Å². The van der Waals surface area contributed by atoms with Gasteiger partial charge in [-0.1, -0.05) is 55.8 Å². The first-order valence-corrected chi connectivity index (χ1v) is 9.22. The Bertz CT molecular complexity index is 649. The molecule has 0 fully saturated rings. The van der Waals surface area contributed by atoms with Crippen LogP contribution in [0.2, 0.25) is 0 Å². The summed E-state index contributed by atoms with van der Waals surface area (Å²) in [7, 11) is -2.40. The Morgan fingerprint density at radius 3 is 2.65 bits per heavy atom. The van der Waals surface area contributed by atoms with Gasteiger partial charge in [0.05, 0.1) is 5.30 Å². The van der Waals surface area contributed by atoms with Crippen molar-refractivity contribution in [1.29, 1.82) is 0 Å². The van der Waals surface area contributed by atoms with Gasteiger partial charge in [-0.3, -0.25) is 0 Å². The molecule has 2 aromatic rings. The van der Waals surface area contributed by atoms with Crippen LogP contribution < -0.4 is 10.0 Å². The molecule has 3 rings (SSSR count). The minimum atomic E-state index is -2.40. The van der Waals surface area contributed by atoms with Crippen LogP contribution in [0.4, 0.5) is 0 Å². The Hall–Kier alpha value is -1.53. The molecule has 20 heavy (non-hydrogen) atoms. The highest BCUT2D eigenvalue weighted by atomic mass is 31.2. The fourth-order valence-electron chi connectivity index (χ4n) is 2.74. The van der Waals surface area contributed by atoms with Gasteiger partial charge in [-0.25, -0.2) is 0 Å². The summed E-state index contributed by atoms with van der Waals surface area (Å²) in [5.41, 5.74) is 2.19. The van der Waals surface area contributed by atoms with Crippen molar-refractivity contribution in [1.82, 2.24) is 0 Å². The standard InChI is InChI=1S/C17H19O2P/c1-2-3-12-20(18)13-19-16-11-7-10-15(17(16)20)14-8-5-4-6-9-14/h4-11H,2-3,12-13H2,1H3/t20-/m1/s1. The molecular weight excluding hydrogens is 267 g/mol. The van der Waals surface area contributed by atoms with E-state index in [2.05, 4.69) is 25.1 Å². The first-order valence-electron chi connectivity index (χ1n) is 7.14. The molecule has 0 aromatic heterocycles. The third-order valence-electron chi connectivity index (χ3n) is 3.79. The third-order valence-corrected chi connectivity index (χ3v) is 6.65. The first kappa shape index (κ1) is 13.5. The molecule has 0 saturated carbocycles. The van der Waals surface area contributed by atoms with Gasteiger partial charge in [-0.15, -0.1) is 0 Å². The highest BCUT2D eigenvalue weighted by molar-refractivity contribution is 7.72. The Labute approximate surface area is 120 Å². The first-order chi connectivity index (χ1) is 9.74. The van der Waals surface area contributed by atoms with Gasteiger partial charge in [-0.2, -0.15) is 0 Å². The molecule has 2 nitrogen and oxygen atoms in total. The highest BCUT2D eigenvalue weighted by Gasteiger charge is 2.36. The number of unbranched alkanes of at least 4 members (excludes halogenated alkanes) is 1. The van der Waals surface area contributed by atoms with E-state index in [1.54, 1.807) is 0 Å². The molecular formula is C17H19O2P. The molecule has 0 radical (unpaired) electrons. The van der Waals surface area contributed by atoms with Crippen molar-refractivity contribution < 1.29 is 9.30 Å². The van der Waals surface area contributed by atoms with Gasteiger partial charge in [0.2, 0.25) is 0 Å². The fourth-order valence-corrected chi connectivity index (χ4v) is 5.58. The van der Waals surface area contributed by atoms with Gasteiger partial charge < -0.3 is 9.30 Å². The molecule has 0 saturated heterocycles. The lowest BCUT2D eigenvalue weighted by Crippen LogP contribution is -2.08. The summed E-state index contributed by atoms with van der Waals surface area (Å²) in [6, 6.07) is 16.1. The molecule has 0 unspecified atom stereocenters. The van der Waals surface area contributed by atoms with Crippen LogP contribution in [-0.2, 0) is 4.57 Å². The summed E-state index contributed by atoms with van der Waals surface area (Å²) in [6.45, 7) is 2.13. The topological polar surface area (TPSA) is 26.3 Å². The summed E-state index contributed by atoms with van der Waals surface area (Å²) in [4.78, 5) is 0. The largest absolute Gasteiger partial charge is 0.485 e. The lowest BCUT2D eigenvalue weighted by molar-refractivity contribution is 0.393. The maximum absolute atomic E-state index is 13.3. The van der Waals surface area contributed by atoms with Crippen molar-refractivity contribution in [2.45, 2.75) is 19.8 Å². The van der Waals surface area contributed by atoms with Crippen LogP contribution in [-0.4, -0.2) is 12.5 Å². The molecule has 0 amide bonds. The Balaban J connectivity index is 2.11. The van der Waals surface area contributed by atoms with E-state index in [1.807, 2.05) is 30.3 Å². The maximum atomic E-state index is 13.3. The van der Waals surface area contributed by atoms with Crippen LogP contribution >= 0.6 is 7.14 Å². The zero-order valence-electron chi connectivity index (χ0n) is 11.7. The van der Waals surface area contributed by atoms with Crippen LogP contribution in [0.25, 0.3) is 11.1 Å². The molecule has 104 valence electrons. The molecule has 2 aromatic carbocycles. The molecule has 0 bridgehead atoms. The van der Waals surface area contributed by atoms with E-state index < -0.39 is 7.14 Å². The van der Waals surface area contributed by atoms with Crippen LogP contribution in [0, 0.1) is 0 Å². The lowest BCUT2D eigenvalue weighted by atomic mass is 10.1. The summed E-state index contributed by atoms with van der Waals surface area (Å²) in [5, 5.41) is 0.958. The second-order valence-electron chi connectivity index (χ2n) is 5.26. The quantitative estimate of drug-likeness (QED) is 0.774. The van der Waals surface area contributed by atoms with E-state index in [9.17, 15) is 4.57 Å². The highest BCUT2D eigenvalue weighted by Crippen LogP contribution is 2.54. The van der Waals surface area contributed by atoms with Crippen LogP contribution in [0.15, 0.2) is 48.5 Å². The van der Waals surface area contributed by atoms with Crippen LogP contribution in [0.1, 0.15) is 19.8 Å². The van der Waals surface area contributed by atoms with Gasteiger partial charge in [0.1, 0.15) is 12.1 Å². The van der Waals surface area contributed by atoms with Gasteiger partial charge >= 0.3 is 0 Å². The zero-order chi connectivity index (χ0) is 14.0. The minimum Gasteiger partial charge on any atom is -0.485 e. The van der Waals surface area contributed by atoms with E-state index >= 15 is 0 Å². The van der Waals surface area contributed by atoms with Gasteiger partial charge in [0.25, 0.3) is 0 Å². The molecule has 1 atom stereocenters. The van der Waals surface area contributed by atoms with Crippen LogP contribution in [0.5, 0.6) is 5.75 Å². The van der Waals surface area contributed by atoms with Gasteiger partial charge in [0, 0.05) is 6.16 Å². The summed E-state index contributed by atoms with van der Waals surface area (Å²) >= 11 is 0. The molecule has 1 heterocycles. The van der Waals surface area contributed by atoms with Crippen molar-refractivity contribution in [3.05, 3.63) is 48.5 Å². The summed E-state index contributed by atoms with van der Waals surface area (Å²) < 4.78 is 19.0. The monoisotopic (exact) mass is 286 g/mol. The van der Waals surface area contributed by atoms with Gasteiger partial charge in [0.15, 0.2) is 7.14 Å². The van der Waals surface area contributed by atoms with E-state index in [4.69, 9.17) is 4.74 Å². The Kier molecular flexibility index (Phi) is 3.67. The van der Waals surface area contributed by atoms with E-state index in [0.717, 1.165) is 41.2 Å². The summed E-state index contributed by atoms with van der Waals surface area (Å²) in [6.07, 6.45) is 3.17. The smallest absolute Gasteiger partial charge is 0.155 e. The molecule has 0 spiro atoms. The van der Waals surface area contributed by atoms with Crippen molar-refractivity contribution in [2.24, 2.45) is 0 Å². The van der Waals surface area contributed by atoms with E-state index in [0.29, 0.717) is 6.35 Å². The Morgan fingerprint density at radius 1 is 1.10 bits per heavy atom. The number of rotatable bonds is 4. The Morgan fingerprint density at radius 2 is 1.90 bits per heavy atom. The number of fused-ring (bicyclic) bond motifs is 1. The number of ether oxygens (including phenoxy) is 1. The van der Waals surface area contributed by atoms with E-state index in [-0.39, 0.29) is 0 Å². The molecule has 1 aliphatic heterocycles. The van der Waals surface area contributed by atoms with Crippen molar-refractivity contribution in [3.8, 4) is 16.9 Å². The lowest BCUT2D eigenvalue weighted by Gasteiger charge is -2.14. The molecule has 0 aliphatic carbocycles. The number of hydrogen-bond acceptors (Lipinski definition) is 2. The maximum Gasteiger partial charge on any atom is 0.155 e. The van der Waals surface area contributed by atoms with Crippen molar-refractivity contribution in [2.75, 3.05) is 12.5 Å². The number of benzene rings is 2. The van der Waals surface area contributed by atoms with Crippen molar-refractivity contribution in [3.63, 3.8) is 0 Å². The third kappa shape index (κ3) is 2.29. The van der Waals surface area contributed by atoms with E-state index in [1.165, 1.54) is 0 Å². The normalized spacial score (nSPS) is 20.4. The predicted molar refractivity (Wildman–Crippen MR) is 84.4 cm³/mol. The average Bonchev–Trinajstić information content (AvgIpc) is 2.84. The second-order valence-corrected chi connectivity index (χ2v) is 8.19. The minimum absolute atomic E-state index is 0.367. The summed E-state index contributed by atoms with van der Waals surface area (Å²) in [5.74, 6) is 0.811.